The highest BCUT2D eigenvalue weighted by atomic mass is 127. The second-order valence-corrected chi connectivity index (χ2v) is 7.91. The number of carbonyl (C=O) groups excluding carboxylic acids is 3. The third-order valence-electron chi connectivity index (χ3n) is 3.75. The average molecular weight is 534 g/mol. The Kier molecular flexibility index (Phi) is 6.17. The molecule has 0 unspecified atom stereocenters. The Balaban J connectivity index is 1.73. The fourth-order valence-electron chi connectivity index (χ4n) is 2.36. The van der Waals surface area contributed by atoms with Crippen LogP contribution in [-0.4, -0.2) is 33.6 Å². The predicted octanol–water partition coefficient (Wildman–Crippen LogP) is 4.09. The Morgan fingerprint density at radius 3 is 2.59 bits per heavy atom. The molecular formula is C18H10F3IN2O4S. The largest absolute Gasteiger partial charge is 0.507 e. The number of thioether (sulfide) groups is 1. The van der Waals surface area contributed by atoms with Crippen molar-refractivity contribution in [2.24, 2.45) is 0 Å². The van der Waals surface area contributed by atoms with Gasteiger partial charge in [0.2, 0.25) is 5.91 Å². The van der Waals surface area contributed by atoms with Crippen LogP contribution in [0.4, 0.5) is 23.7 Å². The summed E-state index contributed by atoms with van der Waals surface area (Å²) in [6.07, 6.45) is 1.43. The number of imide groups is 1. The molecule has 1 saturated heterocycles. The van der Waals surface area contributed by atoms with Crippen LogP contribution < -0.4 is 5.32 Å². The maximum Gasteiger partial charge on any atom is 0.294 e. The number of halogens is 4. The second kappa shape index (κ2) is 8.45. The van der Waals surface area contributed by atoms with Crippen molar-refractivity contribution in [3.05, 3.63) is 61.8 Å². The number of phenols is 1. The quantitative estimate of drug-likeness (QED) is 0.351. The summed E-state index contributed by atoms with van der Waals surface area (Å²) in [5, 5.41) is 10.8. The minimum absolute atomic E-state index is 0.0586. The lowest BCUT2D eigenvalue weighted by molar-refractivity contribution is -0.127. The standard InChI is InChI=1S/C18H10F3IN2O4S/c19-9-2-3-11(16(21)15(9)20)23-14(26)7-24-17(27)13(29-18(24)28)6-8-1-4-12(25)10(22)5-8/h1-6,25H,7H2,(H,23,26)/b13-6+. The van der Waals surface area contributed by atoms with Crippen LogP contribution in [0, 0.1) is 21.0 Å². The normalized spacial score (nSPS) is 15.3. The molecule has 11 heteroatoms. The minimum Gasteiger partial charge on any atom is -0.507 e. The lowest BCUT2D eigenvalue weighted by Gasteiger charge is -2.13. The molecule has 0 radical (unpaired) electrons. The number of amides is 3. The van der Waals surface area contributed by atoms with Crippen molar-refractivity contribution in [1.29, 1.82) is 0 Å². The number of carbonyl (C=O) groups is 3. The number of aromatic hydroxyl groups is 1. The molecule has 2 N–H and O–H groups in total. The Morgan fingerprint density at radius 1 is 1.17 bits per heavy atom. The number of nitrogens with zero attached hydrogens (tertiary/aromatic N) is 1. The van der Waals surface area contributed by atoms with Crippen molar-refractivity contribution in [2.75, 3.05) is 11.9 Å². The van der Waals surface area contributed by atoms with Gasteiger partial charge in [-0.25, -0.2) is 13.2 Å². The summed E-state index contributed by atoms with van der Waals surface area (Å²) in [5.41, 5.74) is -0.0545. The molecule has 0 bridgehead atoms. The zero-order valence-electron chi connectivity index (χ0n) is 14.2. The van der Waals surface area contributed by atoms with Crippen molar-refractivity contribution in [2.45, 2.75) is 0 Å². The van der Waals surface area contributed by atoms with Crippen molar-refractivity contribution >= 4 is 63.2 Å². The fourth-order valence-corrected chi connectivity index (χ4v) is 3.73. The van der Waals surface area contributed by atoms with Crippen LogP contribution in [0.2, 0.25) is 0 Å². The lowest BCUT2D eigenvalue weighted by Crippen LogP contribution is -2.36. The van der Waals surface area contributed by atoms with Gasteiger partial charge in [0.25, 0.3) is 11.1 Å². The summed E-state index contributed by atoms with van der Waals surface area (Å²) >= 11 is 2.51. The molecule has 0 aliphatic carbocycles. The third-order valence-corrected chi connectivity index (χ3v) is 5.53. The van der Waals surface area contributed by atoms with Gasteiger partial charge in [-0.15, -0.1) is 0 Å². The van der Waals surface area contributed by atoms with Gasteiger partial charge in [-0.05, 0) is 70.3 Å². The number of benzene rings is 2. The van der Waals surface area contributed by atoms with Crippen molar-refractivity contribution < 1.29 is 32.7 Å². The summed E-state index contributed by atoms with van der Waals surface area (Å²) < 4.78 is 40.4. The van der Waals surface area contributed by atoms with Gasteiger partial charge in [-0.2, -0.15) is 0 Å². The molecule has 3 rings (SSSR count). The van der Waals surface area contributed by atoms with Gasteiger partial charge < -0.3 is 10.4 Å². The van der Waals surface area contributed by atoms with Gasteiger partial charge in [-0.1, -0.05) is 6.07 Å². The van der Waals surface area contributed by atoms with E-state index in [-0.39, 0.29) is 10.7 Å². The smallest absolute Gasteiger partial charge is 0.294 e. The Labute approximate surface area is 179 Å². The molecule has 1 heterocycles. The number of hydrogen-bond donors (Lipinski definition) is 2. The number of phenolic OH excluding ortho intramolecular Hbond substituents is 1. The summed E-state index contributed by atoms with van der Waals surface area (Å²) in [5.74, 6) is -6.38. The highest BCUT2D eigenvalue weighted by Gasteiger charge is 2.36. The van der Waals surface area contributed by atoms with E-state index >= 15 is 0 Å². The monoisotopic (exact) mass is 534 g/mol. The Bertz CT molecular complexity index is 1080. The molecule has 0 spiro atoms. The molecule has 2 aromatic carbocycles. The lowest BCUT2D eigenvalue weighted by atomic mass is 10.2. The van der Waals surface area contributed by atoms with E-state index in [0.717, 1.165) is 6.07 Å². The summed E-state index contributed by atoms with van der Waals surface area (Å²) in [7, 11) is 0. The molecular weight excluding hydrogens is 524 g/mol. The molecule has 0 atom stereocenters. The third kappa shape index (κ3) is 4.56. The Hall–Kier alpha value is -2.54. The average Bonchev–Trinajstić information content (AvgIpc) is 2.92. The molecule has 6 nitrogen and oxygen atoms in total. The van der Waals surface area contributed by atoms with E-state index in [1.165, 1.54) is 12.1 Å². The van der Waals surface area contributed by atoms with E-state index in [2.05, 4.69) is 0 Å². The number of rotatable bonds is 4. The van der Waals surface area contributed by atoms with Gasteiger partial charge in [0.15, 0.2) is 17.5 Å². The summed E-state index contributed by atoms with van der Waals surface area (Å²) in [4.78, 5) is 37.3. The van der Waals surface area contributed by atoms with Gasteiger partial charge in [0.1, 0.15) is 12.3 Å². The van der Waals surface area contributed by atoms with E-state index in [4.69, 9.17) is 0 Å². The van der Waals surface area contributed by atoms with Crippen molar-refractivity contribution in [3.63, 3.8) is 0 Å². The van der Waals surface area contributed by atoms with E-state index in [1.807, 2.05) is 27.9 Å². The van der Waals surface area contributed by atoms with Crippen LogP contribution in [-0.2, 0) is 9.59 Å². The minimum atomic E-state index is -1.75. The number of hydrogen-bond acceptors (Lipinski definition) is 5. The summed E-state index contributed by atoms with van der Waals surface area (Å²) in [6, 6.07) is 6.04. The van der Waals surface area contributed by atoms with Crippen LogP contribution in [0.1, 0.15) is 5.56 Å². The topological polar surface area (TPSA) is 86.7 Å². The van der Waals surface area contributed by atoms with Gasteiger partial charge in [0.05, 0.1) is 14.2 Å². The van der Waals surface area contributed by atoms with Crippen molar-refractivity contribution in [1.82, 2.24) is 4.90 Å². The molecule has 3 amide bonds. The van der Waals surface area contributed by atoms with Crippen LogP contribution >= 0.6 is 34.4 Å². The molecule has 29 heavy (non-hydrogen) atoms. The van der Waals surface area contributed by atoms with Crippen LogP contribution in [0.5, 0.6) is 5.75 Å². The molecule has 2 aromatic rings. The van der Waals surface area contributed by atoms with E-state index in [9.17, 15) is 32.7 Å². The van der Waals surface area contributed by atoms with Crippen LogP contribution in [0.3, 0.4) is 0 Å². The molecule has 1 aliphatic heterocycles. The van der Waals surface area contributed by atoms with Gasteiger partial charge in [-0.3, -0.25) is 19.3 Å². The first-order valence-electron chi connectivity index (χ1n) is 7.84. The van der Waals surface area contributed by atoms with Crippen LogP contribution in [0.25, 0.3) is 6.08 Å². The SMILES string of the molecule is O=C(CN1C(=O)S/C(=C/c2ccc(O)c(I)c2)C1=O)Nc1ccc(F)c(F)c1F. The van der Waals surface area contributed by atoms with E-state index in [1.54, 1.807) is 12.1 Å². The van der Waals surface area contributed by atoms with Crippen LogP contribution in [0.15, 0.2) is 35.2 Å². The maximum atomic E-state index is 13.6. The zero-order chi connectivity index (χ0) is 21.3. The molecule has 150 valence electrons. The number of anilines is 1. The first-order valence-corrected chi connectivity index (χ1v) is 9.74. The van der Waals surface area contributed by atoms with Gasteiger partial charge in [0, 0.05) is 0 Å². The Morgan fingerprint density at radius 2 is 1.90 bits per heavy atom. The maximum absolute atomic E-state index is 13.6. The summed E-state index contributed by atoms with van der Waals surface area (Å²) in [6.45, 7) is -0.729. The van der Waals surface area contributed by atoms with E-state index in [0.29, 0.717) is 31.9 Å². The highest BCUT2D eigenvalue weighted by molar-refractivity contribution is 14.1. The predicted molar refractivity (Wildman–Crippen MR) is 108 cm³/mol. The van der Waals surface area contributed by atoms with Gasteiger partial charge >= 0.3 is 0 Å². The first-order chi connectivity index (χ1) is 13.7. The zero-order valence-corrected chi connectivity index (χ0v) is 17.2. The molecule has 0 saturated carbocycles. The second-order valence-electron chi connectivity index (χ2n) is 5.75. The fraction of sp³-hybridized carbons (Fsp3) is 0.0556. The highest BCUT2D eigenvalue weighted by Crippen LogP contribution is 2.33. The molecule has 0 aromatic heterocycles. The first kappa shape index (κ1) is 21.2. The number of nitrogens with one attached hydrogen (secondary N) is 1. The van der Waals surface area contributed by atoms with E-state index < -0.39 is 46.7 Å². The van der Waals surface area contributed by atoms with Crippen molar-refractivity contribution in [3.8, 4) is 5.75 Å². The molecule has 1 aliphatic rings. The molecule has 1 fully saturated rings.